The van der Waals surface area contributed by atoms with Gasteiger partial charge in [0, 0.05) is 13.1 Å². The van der Waals surface area contributed by atoms with Crippen molar-refractivity contribution in [3.05, 3.63) is 35.9 Å². The minimum atomic E-state index is -0.202. The van der Waals surface area contributed by atoms with E-state index in [1.54, 1.807) is 0 Å². The highest BCUT2D eigenvalue weighted by molar-refractivity contribution is 5.15. The summed E-state index contributed by atoms with van der Waals surface area (Å²) in [6, 6.07) is 10.8. The number of benzene rings is 1. The topological polar surface area (TPSA) is 41.9 Å². The molecule has 0 amide bonds. The number of hydrogen-bond acceptors (Lipinski definition) is 4. The van der Waals surface area contributed by atoms with Crippen LogP contribution in [0.4, 0.5) is 0 Å². The Morgan fingerprint density at radius 3 is 2.67 bits per heavy atom. The number of nitrogens with zero attached hydrogens (tertiary/aromatic N) is 1. The van der Waals surface area contributed by atoms with Crippen LogP contribution in [0.2, 0.25) is 0 Å². The normalized spacial score (nSPS) is 32.8. The lowest BCUT2D eigenvalue weighted by Gasteiger charge is -2.39. The molecule has 2 bridgehead atoms. The summed E-state index contributed by atoms with van der Waals surface area (Å²) >= 11 is 0. The van der Waals surface area contributed by atoms with Crippen LogP contribution in [0.5, 0.6) is 0 Å². The summed E-state index contributed by atoms with van der Waals surface area (Å²) in [5.41, 5.74) is 1.31. The first kappa shape index (κ1) is 15.0. The number of ether oxygens (including phenoxy) is 2. The van der Waals surface area contributed by atoms with E-state index in [9.17, 15) is 5.11 Å². The number of hydrogen-bond donors (Lipinski definition) is 1. The average Bonchev–Trinajstić information content (AvgIpc) is 2.82. The van der Waals surface area contributed by atoms with E-state index < -0.39 is 0 Å². The summed E-state index contributed by atoms with van der Waals surface area (Å²) in [6.45, 7) is 6.23. The van der Waals surface area contributed by atoms with Gasteiger partial charge in [-0.05, 0) is 17.9 Å². The fourth-order valence-corrected chi connectivity index (χ4v) is 3.34. The largest absolute Gasteiger partial charge is 0.394 e. The standard InChI is InChI=1S/C17H25NO3/c1-12(2)8-14-17-20-15(16(11-19)21-17)10-18(14)9-13-6-4-3-5-7-13/h3-7,12,14-17,19H,8-11H2,1-2H3/t14-,15+,16-,17+/m0/s1. The van der Waals surface area contributed by atoms with E-state index in [0.29, 0.717) is 5.92 Å². The third-order valence-corrected chi connectivity index (χ3v) is 4.35. The molecule has 1 N–H and O–H groups in total. The highest BCUT2D eigenvalue weighted by atomic mass is 16.7. The first-order valence-corrected chi connectivity index (χ1v) is 7.87. The van der Waals surface area contributed by atoms with E-state index in [1.165, 1.54) is 5.56 Å². The van der Waals surface area contributed by atoms with Crippen molar-refractivity contribution < 1.29 is 14.6 Å². The van der Waals surface area contributed by atoms with Crippen LogP contribution in [0.25, 0.3) is 0 Å². The molecular weight excluding hydrogens is 266 g/mol. The van der Waals surface area contributed by atoms with Crippen molar-refractivity contribution in [2.45, 2.75) is 51.4 Å². The van der Waals surface area contributed by atoms with Gasteiger partial charge < -0.3 is 14.6 Å². The van der Waals surface area contributed by atoms with Gasteiger partial charge in [-0.1, -0.05) is 44.2 Å². The molecule has 1 aromatic rings. The van der Waals surface area contributed by atoms with Crippen LogP contribution in [-0.4, -0.2) is 47.7 Å². The van der Waals surface area contributed by atoms with E-state index in [0.717, 1.165) is 19.5 Å². The van der Waals surface area contributed by atoms with Crippen LogP contribution in [0.15, 0.2) is 30.3 Å². The second kappa shape index (κ2) is 6.44. The van der Waals surface area contributed by atoms with Gasteiger partial charge in [0.1, 0.15) is 12.2 Å². The van der Waals surface area contributed by atoms with Crippen LogP contribution < -0.4 is 0 Å². The Morgan fingerprint density at radius 2 is 2.00 bits per heavy atom. The fourth-order valence-electron chi connectivity index (χ4n) is 3.34. The maximum absolute atomic E-state index is 9.43. The molecular formula is C17H25NO3. The Labute approximate surface area is 126 Å². The van der Waals surface area contributed by atoms with Crippen LogP contribution in [-0.2, 0) is 16.0 Å². The van der Waals surface area contributed by atoms with Crippen molar-refractivity contribution in [1.29, 1.82) is 0 Å². The van der Waals surface area contributed by atoms with Crippen molar-refractivity contribution in [2.75, 3.05) is 13.2 Å². The lowest BCUT2D eigenvalue weighted by molar-refractivity contribution is -0.154. The minimum Gasteiger partial charge on any atom is -0.394 e. The molecule has 0 saturated carbocycles. The summed E-state index contributed by atoms with van der Waals surface area (Å²) in [5.74, 6) is 0.588. The predicted octanol–water partition coefficient (Wildman–Crippen LogP) is 2.02. The minimum absolute atomic E-state index is 0.00729. The molecule has 0 aromatic heterocycles. The molecule has 0 spiro atoms. The maximum Gasteiger partial charge on any atom is 0.174 e. The Kier molecular flexibility index (Phi) is 4.60. The predicted molar refractivity (Wildman–Crippen MR) is 80.7 cm³/mol. The van der Waals surface area contributed by atoms with Gasteiger partial charge in [-0.25, -0.2) is 0 Å². The van der Waals surface area contributed by atoms with Gasteiger partial charge in [-0.2, -0.15) is 0 Å². The van der Waals surface area contributed by atoms with Crippen LogP contribution in [0, 0.1) is 5.92 Å². The first-order chi connectivity index (χ1) is 10.2. The molecule has 3 rings (SSSR count). The van der Waals surface area contributed by atoms with Crippen molar-refractivity contribution in [3.8, 4) is 0 Å². The zero-order chi connectivity index (χ0) is 14.8. The highest BCUT2D eigenvalue weighted by Gasteiger charge is 2.47. The van der Waals surface area contributed by atoms with Crippen LogP contribution in [0.1, 0.15) is 25.8 Å². The fraction of sp³-hybridized carbons (Fsp3) is 0.647. The maximum atomic E-state index is 9.43. The number of aliphatic hydroxyl groups excluding tert-OH is 1. The molecule has 4 heteroatoms. The molecule has 0 aliphatic carbocycles. The summed E-state index contributed by atoms with van der Waals surface area (Å²) in [7, 11) is 0. The quantitative estimate of drug-likeness (QED) is 0.901. The van der Waals surface area contributed by atoms with Crippen molar-refractivity contribution in [3.63, 3.8) is 0 Å². The molecule has 116 valence electrons. The molecule has 2 aliphatic rings. The molecule has 4 nitrogen and oxygen atoms in total. The van der Waals surface area contributed by atoms with E-state index >= 15 is 0 Å². The van der Waals surface area contributed by atoms with Crippen molar-refractivity contribution >= 4 is 0 Å². The first-order valence-electron chi connectivity index (χ1n) is 7.87. The van der Waals surface area contributed by atoms with Gasteiger partial charge in [-0.15, -0.1) is 0 Å². The second-order valence-electron chi connectivity index (χ2n) is 6.51. The molecule has 2 aliphatic heterocycles. The molecule has 4 atom stereocenters. The third kappa shape index (κ3) is 3.29. The third-order valence-electron chi connectivity index (χ3n) is 4.35. The van der Waals surface area contributed by atoms with Crippen LogP contribution in [0.3, 0.4) is 0 Å². The summed E-state index contributed by atoms with van der Waals surface area (Å²) in [4.78, 5) is 2.46. The molecule has 1 aromatic carbocycles. The molecule has 2 heterocycles. The van der Waals surface area contributed by atoms with Gasteiger partial charge in [0.2, 0.25) is 0 Å². The number of aliphatic hydroxyl groups is 1. The van der Waals surface area contributed by atoms with Crippen LogP contribution >= 0.6 is 0 Å². The highest BCUT2D eigenvalue weighted by Crippen LogP contribution is 2.33. The van der Waals surface area contributed by atoms with Crippen molar-refractivity contribution in [2.24, 2.45) is 5.92 Å². The summed E-state index contributed by atoms with van der Waals surface area (Å²) < 4.78 is 11.9. The van der Waals surface area contributed by atoms with Gasteiger partial charge in [0.15, 0.2) is 6.29 Å². The molecule has 2 saturated heterocycles. The number of fused-ring (bicyclic) bond motifs is 2. The molecule has 0 unspecified atom stereocenters. The smallest absolute Gasteiger partial charge is 0.174 e. The lowest BCUT2D eigenvalue weighted by Crippen LogP contribution is -2.51. The van der Waals surface area contributed by atoms with E-state index in [4.69, 9.17) is 9.47 Å². The number of morpholine rings is 1. The number of rotatable bonds is 5. The summed E-state index contributed by atoms with van der Waals surface area (Å²) in [6.07, 6.45) is 0.659. The summed E-state index contributed by atoms with van der Waals surface area (Å²) in [5, 5.41) is 9.43. The SMILES string of the molecule is CC(C)C[C@H]1[C@H]2O[C@@H](CO)[C@@H](CN1Cc1ccccc1)O2. The Morgan fingerprint density at radius 1 is 1.24 bits per heavy atom. The van der Waals surface area contributed by atoms with Gasteiger partial charge >= 0.3 is 0 Å². The lowest BCUT2D eigenvalue weighted by atomic mass is 9.99. The monoisotopic (exact) mass is 291 g/mol. The second-order valence-corrected chi connectivity index (χ2v) is 6.51. The van der Waals surface area contributed by atoms with Gasteiger partial charge in [0.05, 0.1) is 12.6 Å². The molecule has 21 heavy (non-hydrogen) atoms. The Hall–Kier alpha value is -0.940. The van der Waals surface area contributed by atoms with E-state index in [1.807, 2.05) is 6.07 Å². The average molecular weight is 291 g/mol. The zero-order valence-electron chi connectivity index (χ0n) is 12.8. The molecule has 0 radical (unpaired) electrons. The molecule has 2 fully saturated rings. The van der Waals surface area contributed by atoms with Gasteiger partial charge in [-0.3, -0.25) is 4.90 Å². The van der Waals surface area contributed by atoms with Gasteiger partial charge in [0.25, 0.3) is 0 Å². The Bertz CT molecular complexity index is 451. The van der Waals surface area contributed by atoms with E-state index in [-0.39, 0.29) is 31.1 Å². The van der Waals surface area contributed by atoms with E-state index in [2.05, 4.69) is 43.0 Å². The van der Waals surface area contributed by atoms with Crippen molar-refractivity contribution in [1.82, 2.24) is 4.90 Å². The zero-order valence-corrected chi connectivity index (χ0v) is 12.8. The Balaban J connectivity index is 1.76.